The molecule has 0 atom stereocenters. The van der Waals surface area contributed by atoms with Crippen molar-refractivity contribution in [2.75, 3.05) is 12.4 Å². The van der Waals surface area contributed by atoms with Crippen molar-refractivity contribution < 1.29 is 0 Å². The Morgan fingerprint density at radius 2 is 1.78 bits per heavy atom. The van der Waals surface area contributed by atoms with Gasteiger partial charge in [0.1, 0.15) is 5.82 Å². The summed E-state index contributed by atoms with van der Waals surface area (Å²) in [5.41, 5.74) is 3.47. The Hall–Kier alpha value is -2.29. The Kier molecular flexibility index (Phi) is 2.52. The molecule has 3 rings (SSSR count). The molecular formula is C15H15N3. The first kappa shape index (κ1) is 10.8. The Labute approximate surface area is 106 Å². The van der Waals surface area contributed by atoms with Gasteiger partial charge in [-0.1, -0.05) is 35.9 Å². The number of aryl methyl sites for hydroxylation is 1. The Bertz CT molecular complexity index is 698. The van der Waals surface area contributed by atoms with Crippen molar-refractivity contribution in [3.63, 3.8) is 0 Å². The van der Waals surface area contributed by atoms with Crippen molar-refractivity contribution in [3.8, 4) is 11.3 Å². The van der Waals surface area contributed by atoms with E-state index in [1.54, 1.807) is 0 Å². The second-order valence-electron chi connectivity index (χ2n) is 4.48. The van der Waals surface area contributed by atoms with Crippen molar-refractivity contribution in [1.29, 1.82) is 0 Å². The van der Waals surface area contributed by atoms with Crippen LogP contribution in [0, 0.1) is 6.92 Å². The van der Waals surface area contributed by atoms with Crippen LogP contribution in [0.5, 0.6) is 0 Å². The molecule has 0 fully saturated rings. The number of rotatable bonds is 2. The van der Waals surface area contributed by atoms with Crippen LogP contribution in [0.4, 0.5) is 5.82 Å². The number of hydrogen-bond acceptors (Lipinski definition) is 2. The molecular weight excluding hydrogens is 222 g/mol. The molecule has 0 spiro atoms. The lowest BCUT2D eigenvalue weighted by Gasteiger charge is -2.02. The summed E-state index contributed by atoms with van der Waals surface area (Å²) in [5.74, 6) is 0.856. The van der Waals surface area contributed by atoms with Gasteiger partial charge in [-0.25, -0.2) is 0 Å². The van der Waals surface area contributed by atoms with Crippen LogP contribution in [0.1, 0.15) is 5.56 Å². The Balaban J connectivity index is 2.10. The topological polar surface area (TPSA) is 40.7 Å². The Morgan fingerprint density at radius 1 is 1.00 bits per heavy atom. The van der Waals surface area contributed by atoms with E-state index >= 15 is 0 Å². The van der Waals surface area contributed by atoms with Gasteiger partial charge in [0.2, 0.25) is 0 Å². The minimum atomic E-state index is 0.856. The van der Waals surface area contributed by atoms with Crippen LogP contribution in [0.15, 0.2) is 42.5 Å². The zero-order valence-electron chi connectivity index (χ0n) is 10.5. The molecule has 2 N–H and O–H groups in total. The van der Waals surface area contributed by atoms with Crippen LogP contribution in [0.25, 0.3) is 22.0 Å². The largest absolute Gasteiger partial charge is 0.372 e. The molecule has 1 aromatic heterocycles. The van der Waals surface area contributed by atoms with E-state index in [1.807, 2.05) is 13.1 Å². The molecule has 0 unspecified atom stereocenters. The third-order valence-corrected chi connectivity index (χ3v) is 3.14. The van der Waals surface area contributed by atoms with Crippen molar-refractivity contribution in [2.45, 2.75) is 6.92 Å². The molecule has 0 amide bonds. The summed E-state index contributed by atoms with van der Waals surface area (Å²) in [6.45, 7) is 2.11. The molecule has 2 aromatic carbocycles. The minimum absolute atomic E-state index is 0.856. The molecule has 0 saturated carbocycles. The van der Waals surface area contributed by atoms with Gasteiger partial charge >= 0.3 is 0 Å². The van der Waals surface area contributed by atoms with Crippen molar-refractivity contribution in [2.24, 2.45) is 0 Å². The molecule has 0 aliphatic heterocycles. The van der Waals surface area contributed by atoms with Gasteiger partial charge in [0, 0.05) is 18.7 Å². The number of aromatic nitrogens is 2. The maximum Gasteiger partial charge on any atom is 0.148 e. The summed E-state index contributed by atoms with van der Waals surface area (Å²) in [7, 11) is 1.86. The van der Waals surface area contributed by atoms with Crippen molar-refractivity contribution in [1.82, 2.24) is 10.2 Å². The van der Waals surface area contributed by atoms with Gasteiger partial charge in [-0.2, -0.15) is 5.10 Å². The molecule has 0 radical (unpaired) electrons. The maximum absolute atomic E-state index is 4.17. The molecule has 1 heterocycles. The van der Waals surface area contributed by atoms with Gasteiger partial charge in [-0.05, 0) is 23.8 Å². The van der Waals surface area contributed by atoms with E-state index in [1.165, 1.54) is 16.3 Å². The third kappa shape index (κ3) is 1.84. The van der Waals surface area contributed by atoms with Gasteiger partial charge in [0.25, 0.3) is 0 Å². The van der Waals surface area contributed by atoms with E-state index < -0.39 is 0 Å². The second-order valence-corrected chi connectivity index (χ2v) is 4.48. The summed E-state index contributed by atoms with van der Waals surface area (Å²) in [6, 6.07) is 15.0. The van der Waals surface area contributed by atoms with E-state index in [0.29, 0.717) is 0 Å². The number of H-pyrrole nitrogens is 1. The standard InChI is InChI=1S/C15H15N3/c1-10-3-4-12-8-13(6-5-11(12)7-10)14-9-15(16-2)18-17-14/h3-9H,1-2H3,(H2,16,17,18). The van der Waals surface area contributed by atoms with Gasteiger partial charge in [0.15, 0.2) is 0 Å². The summed E-state index contributed by atoms with van der Waals surface area (Å²) >= 11 is 0. The van der Waals surface area contributed by atoms with Gasteiger partial charge < -0.3 is 5.32 Å². The van der Waals surface area contributed by atoms with E-state index in [9.17, 15) is 0 Å². The van der Waals surface area contributed by atoms with Crippen LogP contribution in [0.2, 0.25) is 0 Å². The monoisotopic (exact) mass is 237 g/mol. The Morgan fingerprint density at radius 3 is 2.56 bits per heavy atom. The lowest BCUT2D eigenvalue weighted by molar-refractivity contribution is 1.09. The maximum atomic E-state index is 4.17. The number of benzene rings is 2. The normalized spacial score (nSPS) is 10.8. The molecule has 0 bridgehead atoms. The number of fused-ring (bicyclic) bond motifs is 1. The average molecular weight is 237 g/mol. The zero-order chi connectivity index (χ0) is 12.5. The van der Waals surface area contributed by atoms with Crippen LogP contribution < -0.4 is 5.32 Å². The van der Waals surface area contributed by atoms with Crippen LogP contribution >= 0.6 is 0 Å². The number of anilines is 1. The van der Waals surface area contributed by atoms with E-state index in [-0.39, 0.29) is 0 Å². The average Bonchev–Trinajstić information content (AvgIpc) is 2.87. The lowest BCUT2D eigenvalue weighted by atomic mass is 10.0. The quantitative estimate of drug-likeness (QED) is 0.715. The minimum Gasteiger partial charge on any atom is -0.372 e. The smallest absolute Gasteiger partial charge is 0.148 e. The zero-order valence-corrected chi connectivity index (χ0v) is 10.5. The summed E-state index contributed by atoms with van der Waals surface area (Å²) < 4.78 is 0. The highest BCUT2D eigenvalue weighted by Gasteiger charge is 2.03. The van der Waals surface area contributed by atoms with Gasteiger partial charge in [-0.3, -0.25) is 5.10 Å². The number of hydrogen-bond donors (Lipinski definition) is 2. The first-order chi connectivity index (χ1) is 8.76. The van der Waals surface area contributed by atoms with E-state index in [4.69, 9.17) is 0 Å². The second kappa shape index (κ2) is 4.18. The summed E-state index contributed by atoms with van der Waals surface area (Å²) in [5, 5.41) is 12.7. The van der Waals surface area contributed by atoms with E-state index in [2.05, 4.69) is 58.8 Å². The molecule has 3 aromatic rings. The molecule has 3 heteroatoms. The van der Waals surface area contributed by atoms with Gasteiger partial charge in [0.05, 0.1) is 5.69 Å². The SMILES string of the molecule is CNc1cc(-c2ccc3cc(C)ccc3c2)[nH]n1. The number of aromatic amines is 1. The molecule has 18 heavy (non-hydrogen) atoms. The van der Waals surface area contributed by atoms with Crippen LogP contribution in [-0.4, -0.2) is 17.2 Å². The highest BCUT2D eigenvalue weighted by molar-refractivity contribution is 5.87. The summed E-state index contributed by atoms with van der Waals surface area (Å²) in [4.78, 5) is 0. The fraction of sp³-hybridized carbons (Fsp3) is 0.133. The number of nitrogens with one attached hydrogen (secondary N) is 2. The summed E-state index contributed by atoms with van der Waals surface area (Å²) in [6.07, 6.45) is 0. The third-order valence-electron chi connectivity index (χ3n) is 3.14. The highest BCUT2D eigenvalue weighted by Crippen LogP contribution is 2.25. The molecule has 0 saturated heterocycles. The molecule has 0 aliphatic carbocycles. The first-order valence-electron chi connectivity index (χ1n) is 6.00. The fourth-order valence-electron chi connectivity index (χ4n) is 2.13. The van der Waals surface area contributed by atoms with Crippen molar-refractivity contribution >= 4 is 16.6 Å². The predicted octanol–water partition coefficient (Wildman–Crippen LogP) is 3.58. The van der Waals surface area contributed by atoms with Crippen LogP contribution in [-0.2, 0) is 0 Å². The fourth-order valence-corrected chi connectivity index (χ4v) is 2.13. The number of nitrogens with zero attached hydrogens (tertiary/aromatic N) is 1. The van der Waals surface area contributed by atoms with Gasteiger partial charge in [-0.15, -0.1) is 0 Å². The van der Waals surface area contributed by atoms with E-state index in [0.717, 1.165) is 17.1 Å². The van der Waals surface area contributed by atoms with Crippen molar-refractivity contribution in [3.05, 3.63) is 48.0 Å². The lowest BCUT2D eigenvalue weighted by Crippen LogP contribution is -1.85. The molecule has 0 aliphatic rings. The highest BCUT2D eigenvalue weighted by atomic mass is 15.2. The first-order valence-corrected chi connectivity index (χ1v) is 6.00. The molecule has 90 valence electrons. The predicted molar refractivity (Wildman–Crippen MR) is 75.8 cm³/mol. The van der Waals surface area contributed by atoms with Crippen LogP contribution in [0.3, 0.4) is 0 Å². The molecule has 3 nitrogen and oxygen atoms in total.